The van der Waals surface area contributed by atoms with E-state index in [1.54, 1.807) is 29.2 Å². The fourth-order valence-corrected chi connectivity index (χ4v) is 4.11. The molecule has 0 saturated carbocycles. The summed E-state index contributed by atoms with van der Waals surface area (Å²) in [5.74, 6) is -1.21. The third-order valence-electron chi connectivity index (χ3n) is 6.17. The number of carbonyl (C=O) groups excluding carboxylic acids is 1. The third-order valence-corrected chi connectivity index (χ3v) is 6.17. The molecule has 0 fully saturated rings. The van der Waals surface area contributed by atoms with Gasteiger partial charge in [0.1, 0.15) is 11.6 Å². The maximum absolute atomic E-state index is 14.2. The summed E-state index contributed by atoms with van der Waals surface area (Å²) >= 11 is 0. The van der Waals surface area contributed by atoms with Gasteiger partial charge in [-0.1, -0.05) is 26.0 Å². The molecule has 0 spiro atoms. The Kier molecular flexibility index (Phi) is 6.14. The second-order valence-corrected chi connectivity index (χ2v) is 7.63. The molecule has 0 radical (unpaired) electrons. The van der Waals surface area contributed by atoms with Crippen molar-refractivity contribution in [3.8, 4) is 0 Å². The maximum atomic E-state index is 14.2. The monoisotopic (exact) mass is 386 g/mol. The largest absolute Gasteiger partial charge is 0.308 e. The second-order valence-electron chi connectivity index (χ2n) is 7.63. The van der Waals surface area contributed by atoms with E-state index in [1.165, 1.54) is 18.2 Å². The molecular weight excluding hydrogens is 358 g/mol. The van der Waals surface area contributed by atoms with Gasteiger partial charge in [-0.25, -0.2) is 8.78 Å². The Hall–Kier alpha value is -2.27. The van der Waals surface area contributed by atoms with Crippen LogP contribution in [0.5, 0.6) is 0 Å². The van der Waals surface area contributed by atoms with Crippen LogP contribution >= 0.6 is 0 Å². The van der Waals surface area contributed by atoms with E-state index in [4.69, 9.17) is 0 Å². The van der Waals surface area contributed by atoms with Crippen LogP contribution in [0.25, 0.3) is 0 Å². The van der Waals surface area contributed by atoms with Crippen LogP contribution in [-0.4, -0.2) is 37.5 Å². The van der Waals surface area contributed by atoms with Crippen molar-refractivity contribution < 1.29 is 13.6 Å². The van der Waals surface area contributed by atoms with E-state index >= 15 is 0 Å². The standard InChI is InChI=1S/C23H28F2N2O/c1-4-23(12-14-26(3)5-2)13-15-27(21-11-10-17(24)16-19(21)23)22(28)18-8-6-7-9-20(18)25/h6-11,16H,4-5,12-15H2,1-3H3. The number of halogens is 2. The molecule has 1 aliphatic heterocycles. The van der Waals surface area contributed by atoms with Crippen molar-refractivity contribution >= 4 is 11.6 Å². The first-order valence-electron chi connectivity index (χ1n) is 9.97. The summed E-state index contributed by atoms with van der Waals surface area (Å²) in [5, 5.41) is 0. The Bertz CT molecular complexity index is 854. The molecule has 1 aliphatic rings. The van der Waals surface area contributed by atoms with Crippen molar-refractivity contribution in [3.05, 3.63) is 65.2 Å². The van der Waals surface area contributed by atoms with Gasteiger partial charge in [-0.2, -0.15) is 0 Å². The number of amides is 1. The molecule has 3 rings (SSSR count). The summed E-state index contributed by atoms with van der Waals surface area (Å²) in [5.41, 5.74) is 1.41. The van der Waals surface area contributed by atoms with Crippen molar-refractivity contribution in [2.45, 2.75) is 38.5 Å². The highest BCUT2D eigenvalue weighted by atomic mass is 19.1. The van der Waals surface area contributed by atoms with Gasteiger partial charge >= 0.3 is 0 Å². The predicted molar refractivity (Wildman–Crippen MR) is 109 cm³/mol. The van der Waals surface area contributed by atoms with Crippen LogP contribution in [0.2, 0.25) is 0 Å². The Morgan fingerprint density at radius 2 is 1.93 bits per heavy atom. The fourth-order valence-electron chi connectivity index (χ4n) is 4.11. The van der Waals surface area contributed by atoms with Crippen LogP contribution in [0.15, 0.2) is 42.5 Å². The zero-order valence-corrected chi connectivity index (χ0v) is 16.8. The van der Waals surface area contributed by atoms with E-state index < -0.39 is 5.82 Å². The Labute approximate surface area is 166 Å². The van der Waals surface area contributed by atoms with Crippen molar-refractivity contribution in [2.24, 2.45) is 0 Å². The minimum Gasteiger partial charge on any atom is -0.308 e. The molecule has 150 valence electrons. The minimum atomic E-state index is -0.534. The Morgan fingerprint density at radius 3 is 2.61 bits per heavy atom. The number of carbonyl (C=O) groups is 1. The molecule has 0 N–H and O–H groups in total. The van der Waals surface area contributed by atoms with Gasteiger partial charge in [-0.05, 0) is 75.3 Å². The van der Waals surface area contributed by atoms with Crippen LogP contribution in [0.4, 0.5) is 14.5 Å². The molecule has 2 aromatic carbocycles. The molecule has 28 heavy (non-hydrogen) atoms. The third kappa shape index (κ3) is 3.81. The SMILES string of the molecule is CCN(C)CCC1(CC)CCN(C(=O)c2ccccc2F)c2ccc(F)cc21. The highest BCUT2D eigenvalue weighted by molar-refractivity contribution is 6.07. The van der Waals surface area contributed by atoms with E-state index in [9.17, 15) is 13.6 Å². The number of hydrogen-bond acceptors (Lipinski definition) is 2. The van der Waals surface area contributed by atoms with Gasteiger partial charge in [0.2, 0.25) is 0 Å². The van der Waals surface area contributed by atoms with Gasteiger partial charge in [0, 0.05) is 17.6 Å². The molecule has 1 unspecified atom stereocenters. The zero-order chi connectivity index (χ0) is 20.3. The first-order chi connectivity index (χ1) is 13.4. The summed E-state index contributed by atoms with van der Waals surface area (Å²) in [6.45, 7) is 6.58. The lowest BCUT2D eigenvalue weighted by molar-refractivity contribution is 0.0976. The quantitative estimate of drug-likeness (QED) is 0.697. The van der Waals surface area contributed by atoms with E-state index in [1.807, 2.05) is 0 Å². The van der Waals surface area contributed by atoms with E-state index in [0.717, 1.165) is 37.9 Å². The molecule has 1 atom stereocenters. The number of rotatable bonds is 6. The van der Waals surface area contributed by atoms with Gasteiger partial charge in [0.15, 0.2) is 0 Å². The fraction of sp³-hybridized carbons (Fsp3) is 0.435. The highest BCUT2D eigenvalue weighted by Gasteiger charge is 2.40. The van der Waals surface area contributed by atoms with Gasteiger partial charge in [0.05, 0.1) is 5.56 Å². The van der Waals surface area contributed by atoms with Crippen molar-refractivity contribution in [1.82, 2.24) is 4.90 Å². The first kappa shape index (κ1) is 20.5. The lowest BCUT2D eigenvalue weighted by atomic mass is 9.69. The molecule has 0 aliphatic carbocycles. The summed E-state index contributed by atoms with van der Waals surface area (Å²) in [4.78, 5) is 16.9. The molecular formula is C23H28F2N2O. The number of benzene rings is 2. The molecule has 0 bridgehead atoms. The van der Waals surface area contributed by atoms with Crippen LogP contribution in [0.3, 0.4) is 0 Å². The average molecular weight is 386 g/mol. The summed E-state index contributed by atoms with van der Waals surface area (Å²) < 4.78 is 28.4. The summed E-state index contributed by atoms with van der Waals surface area (Å²) in [6.07, 6.45) is 2.49. The van der Waals surface area contributed by atoms with Crippen molar-refractivity contribution in [3.63, 3.8) is 0 Å². The number of hydrogen-bond donors (Lipinski definition) is 0. The molecule has 1 amide bonds. The molecule has 0 saturated heterocycles. The van der Waals surface area contributed by atoms with Crippen LogP contribution in [-0.2, 0) is 5.41 Å². The van der Waals surface area contributed by atoms with Gasteiger partial charge < -0.3 is 9.80 Å². The van der Waals surface area contributed by atoms with Gasteiger partial charge in [0.25, 0.3) is 5.91 Å². The molecule has 3 nitrogen and oxygen atoms in total. The molecule has 1 heterocycles. The smallest absolute Gasteiger partial charge is 0.261 e. The maximum Gasteiger partial charge on any atom is 0.261 e. The van der Waals surface area contributed by atoms with Crippen LogP contribution in [0.1, 0.15) is 49.0 Å². The number of fused-ring (bicyclic) bond motifs is 1. The van der Waals surface area contributed by atoms with E-state index in [-0.39, 0.29) is 22.7 Å². The van der Waals surface area contributed by atoms with Crippen LogP contribution < -0.4 is 4.90 Å². The second kappa shape index (κ2) is 8.39. The number of nitrogens with zero attached hydrogens (tertiary/aromatic N) is 2. The summed E-state index contributed by atoms with van der Waals surface area (Å²) in [7, 11) is 2.08. The number of anilines is 1. The molecule has 2 aromatic rings. The zero-order valence-electron chi connectivity index (χ0n) is 16.8. The van der Waals surface area contributed by atoms with Crippen molar-refractivity contribution in [2.75, 3.05) is 31.6 Å². The molecule has 0 aromatic heterocycles. The normalized spacial score (nSPS) is 19.0. The lowest BCUT2D eigenvalue weighted by Crippen LogP contribution is -2.44. The van der Waals surface area contributed by atoms with Crippen LogP contribution in [0, 0.1) is 11.6 Å². The summed E-state index contributed by atoms with van der Waals surface area (Å²) in [6, 6.07) is 10.6. The Morgan fingerprint density at radius 1 is 1.18 bits per heavy atom. The minimum absolute atomic E-state index is 0.0486. The van der Waals surface area contributed by atoms with E-state index in [2.05, 4.69) is 25.8 Å². The van der Waals surface area contributed by atoms with Gasteiger partial charge in [-0.15, -0.1) is 0 Å². The van der Waals surface area contributed by atoms with E-state index in [0.29, 0.717) is 12.2 Å². The topological polar surface area (TPSA) is 23.6 Å². The van der Waals surface area contributed by atoms with Gasteiger partial charge in [-0.3, -0.25) is 4.79 Å². The Balaban J connectivity index is 2.01. The molecule has 5 heteroatoms. The first-order valence-corrected chi connectivity index (χ1v) is 9.97. The average Bonchev–Trinajstić information content (AvgIpc) is 2.71. The van der Waals surface area contributed by atoms with Crippen molar-refractivity contribution in [1.29, 1.82) is 0 Å². The highest BCUT2D eigenvalue weighted by Crippen LogP contribution is 2.45. The lowest BCUT2D eigenvalue weighted by Gasteiger charge is -2.44. The predicted octanol–water partition coefficient (Wildman–Crippen LogP) is 5.00.